The number of aromatic nitrogens is 2. The summed E-state index contributed by atoms with van der Waals surface area (Å²) in [6, 6.07) is 13.0. The summed E-state index contributed by atoms with van der Waals surface area (Å²) in [5.74, 6) is 0.497. The Hall–Kier alpha value is -2.60. The molecule has 0 radical (unpaired) electrons. The molecule has 0 saturated carbocycles. The fourth-order valence-electron chi connectivity index (χ4n) is 2.73. The normalized spacial score (nSPS) is 11.5. The Kier molecular flexibility index (Phi) is 4.63. The second-order valence-electron chi connectivity index (χ2n) is 5.98. The van der Waals surface area contributed by atoms with Gasteiger partial charge >= 0.3 is 0 Å². The number of ether oxygens (including phenoxy) is 1. The van der Waals surface area contributed by atoms with Crippen molar-refractivity contribution < 1.29 is 13.2 Å². The van der Waals surface area contributed by atoms with Gasteiger partial charge in [0.1, 0.15) is 5.75 Å². The Labute approximate surface area is 147 Å². The van der Waals surface area contributed by atoms with Crippen molar-refractivity contribution >= 4 is 9.84 Å². The maximum absolute atomic E-state index is 12.9. The van der Waals surface area contributed by atoms with E-state index in [2.05, 4.69) is 4.98 Å². The second-order valence-corrected chi connectivity index (χ2v) is 7.86. The number of hydrogen-bond acceptors (Lipinski definition) is 4. The molecular formula is C19H20N2O3S. The van der Waals surface area contributed by atoms with Crippen LogP contribution in [-0.4, -0.2) is 25.1 Å². The summed E-state index contributed by atoms with van der Waals surface area (Å²) < 4.78 is 32.7. The van der Waals surface area contributed by atoms with Gasteiger partial charge in [-0.25, -0.2) is 13.4 Å². The number of sulfone groups is 1. The second kappa shape index (κ2) is 6.72. The Morgan fingerprint density at radius 2 is 1.92 bits per heavy atom. The highest BCUT2D eigenvalue weighted by atomic mass is 32.2. The van der Waals surface area contributed by atoms with Gasteiger partial charge in [0.05, 0.1) is 18.6 Å². The van der Waals surface area contributed by atoms with Crippen molar-refractivity contribution in [3.8, 4) is 11.4 Å². The van der Waals surface area contributed by atoms with Gasteiger partial charge in [-0.05, 0) is 48.7 Å². The maximum atomic E-state index is 12.9. The molecule has 1 heterocycles. The topological polar surface area (TPSA) is 61.2 Å². The molecule has 0 amide bonds. The molecule has 0 aliphatic heterocycles. The molecule has 130 valence electrons. The average Bonchev–Trinajstić information content (AvgIpc) is 3.07. The molecule has 3 aromatic rings. The van der Waals surface area contributed by atoms with Crippen molar-refractivity contribution in [1.29, 1.82) is 0 Å². The van der Waals surface area contributed by atoms with Gasteiger partial charge in [0.15, 0.2) is 0 Å². The van der Waals surface area contributed by atoms with E-state index < -0.39 is 9.84 Å². The summed E-state index contributed by atoms with van der Waals surface area (Å²) >= 11 is 0. The number of rotatable bonds is 5. The largest absolute Gasteiger partial charge is 0.497 e. The molecule has 1 aromatic heterocycles. The van der Waals surface area contributed by atoms with Gasteiger partial charge in [-0.2, -0.15) is 0 Å². The molecule has 0 unspecified atom stereocenters. The van der Waals surface area contributed by atoms with Gasteiger partial charge in [0.2, 0.25) is 15.0 Å². The van der Waals surface area contributed by atoms with Crippen LogP contribution in [0.2, 0.25) is 0 Å². The van der Waals surface area contributed by atoms with Crippen molar-refractivity contribution in [3.63, 3.8) is 0 Å². The van der Waals surface area contributed by atoms with E-state index in [0.717, 1.165) is 16.8 Å². The zero-order valence-corrected chi connectivity index (χ0v) is 15.2. The summed E-state index contributed by atoms with van der Waals surface area (Å²) in [4.78, 5) is 4.12. The van der Waals surface area contributed by atoms with Crippen LogP contribution < -0.4 is 4.74 Å². The SMILES string of the molecule is COc1cccc(CS(=O)(=O)c2nccn2-c2cc(C)ccc2C)c1. The first-order valence-electron chi connectivity index (χ1n) is 7.87. The molecule has 6 heteroatoms. The van der Waals surface area contributed by atoms with E-state index in [4.69, 9.17) is 4.74 Å². The lowest BCUT2D eigenvalue weighted by Gasteiger charge is -2.12. The number of hydrogen-bond donors (Lipinski definition) is 0. The molecule has 0 atom stereocenters. The van der Waals surface area contributed by atoms with E-state index in [-0.39, 0.29) is 10.9 Å². The van der Waals surface area contributed by atoms with E-state index >= 15 is 0 Å². The Balaban J connectivity index is 2.02. The summed E-state index contributed by atoms with van der Waals surface area (Å²) in [5.41, 5.74) is 3.53. The van der Waals surface area contributed by atoms with Gasteiger partial charge < -0.3 is 4.74 Å². The lowest BCUT2D eigenvalue weighted by Crippen LogP contribution is -2.12. The van der Waals surface area contributed by atoms with E-state index in [0.29, 0.717) is 11.3 Å². The Bertz CT molecular complexity index is 1010. The van der Waals surface area contributed by atoms with E-state index in [1.54, 1.807) is 42.1 Å². The number of methoxy groups -OCH3 is 1. The Morgan fingerprint density at radius 3 is 2.68 bits per heavy atom. The van der Waals surface area contributed by atoms with Crippen LogP contribution in [0.1, 0.15) is 16.7 Å². The highest BCUT2D eigenvalue weighted by molar-refractivity contribution is 7.90. The zero-order valence-electron chi connectivity index (χ0n) is 14.4. The van der Waals surface area contributed by atoms with Gasteiger partial charge in [-0.15, -0.1) is 0 Å². The molecule has 0 N–H and O–H groups in total. The van der Waals surface area contributed by atoms with Gasteiger partial charge in [0.25, 0.3) is 0 Å². The highest BCUT2D eigenvalue weighted by Crippen LogP contribution is 2.23. The van der Waals surface area contributed by atoms with Crippen molar-refractivity contribution in [1.82, 2.24) is 9.55 Å². The average molecular weight is 356 g/mol. The molecule has 0 spiro atoms. The van der Waals surface area contributed by atoms with E-state index in [1.807, 2.05) is 32.0 Å². The lowest BCUT2D eigenvalue weighted by atomic mass is 10.1. The van der Waals surface area contributed by atoms with Crippen LogP contribution in [-0.2, 0) is 15.6 Å². The van der Waals surface area contributed by atoms with Crippen molar-refractivity contribution in [2.24, 2.45) is 0 Å². The smallest absolute Gasteiger partial charge is 0.232 e. The standard InChI is InChI=1S/C19H20N2O3S/c1-14-7-8-15(2)18(11-14)21-10-9-20-19(21)25(22,23)13-16-5-4-6-17(12-16)24-3/h4-12H,13H2,1-3H3. The van der Waals surface area contributed by atoms with Crippen LogP contribution in [0.25, 0.3) is 5.69 Å². The maximum Gasteiger partial charge on any atom is 0.232 e. The molecular weight excluding hydrogens is 336 g/mol. The Morgan fingerprint density at radius 1 is 1.12 bits per heavy atom. The number of aryl methyl sites for hydroxylation is 2. The van der Waals surface area contributed by atoms with Crippen LogP contribution >= 0.6 is 0 Å². The van der Waals surface area contributed by atoms with Crippen molar-refractivity contribution in [2.75, 3.05) is 7.11 Å². The molecule has 2 aromatic carbocycles. The summed E-state index contributed by atoms with van der Waals surface area (Å²) in [6.07, 6.45) is 3.19. The third kappa shape index (κ3) is 3.58. The minimum Gasteiger partial charge on any atom is -0.497 e. The first-order chi connectivity index (χ1) is 11.9. The molecule has 0 aliphatic rings. The predicted molar refractivity (Wildman–Crippen MR) is 96.9 cm³/mol. The monoisotopic (exact) mass is 356 g/mol. The summed E-state index contributed by atoms with van der Waals surface area (Å²) in [7, 11) is -2.05. The van der Waals surface area contributed by atoms with Crippen LogP contribution in [0.5, 0.6) is 5.75 Å². The van der Waals surface area contributed by atoms with E-state index in [9.17, 15) is 8.42 Å². The fraction of sp³-hybridized carbons (Fsp3) is 0.211. The molecule has 3 rings (SSSR count). The summed E-state index contributed by atoms with van der Waals surface area (Å²) in [6.45, 7) is 3.93. The number of benzene rings is 2. The van der Waals surface area contributed by atoms with Crippen molar-refractivity contribution in [3.05, 3.63) is 71.5 Å². The van der Waals surface area contributed by atoms with E-state index in [1.165, 1.54) is 6.20 Å². The highest BCUT2D eigenvalue weighted by Gasteiger charge is 2.23. The van der Waals surface area contributed by atoms with Crippen LogP contribution in [0.3, 0.4) is 0 Å². The van der Waals surface area contributed by atoms with Crippen molar-refractivity contribution in [2.45, 2.75) is 24.8 Å². The van der Waals surface area contributed by atoms with Gasteiger partial charge in [-0.3, -0.25) is 4.57 Å². The van der Waals surface area contributed by atoms with Crippen LogP contribution in [0.15, 0.2) is 60.0 Å². The molecule has 25 heavy (non-hydrogen) atoms. The first-order valence-corrected chi connectivity index (χ1v) is 9.52. The predicted octanol–water partition coefficient (Wildman–Crippen LogP) is 3.47. The van der Waals surface area contributed by atoms with Crippen LogP contribution in [0, 0.1) is 13.8 Å². The quantitative estimate of drug-likeness (QED) is 0.702. The summed E-state index contributed by atoms with van der Waals surface area (Å²) in [5, 5.41) is 0.0454. The minimum atomic E-state index is -3.61. The fourth-order valence-corrected chi connectivity index (χ4v) is 4.16. The number of imidazole rings is 1. The molecule has 0 bridgehead atoms. The third-order valence-electron chi connectivity index (χ3n) is 4.00. The zero-order chi connectivity index (χ0) is 18.0. The molecule has 5 nitrogen and oxygen atoms in total. The van der Waals surface area contributed by atoms with Gasteiger partial charge in [-0.1, -0.05) is 24.3 Å². The lowest BCUT2D eigenvalue weighted by molar-refractivity contribution is 0.414. The molecule has 0 saturated heterocycles. The third-order valence-corrected chi connectivity index (χ3v) is 5.57. The first kappa shape index (κ1) is 17.2. The van der Waals surface area contributed by atoms with Gasteiger partial charge in [0, 0.05) is 12.4 Å². The molecule has 0 fully saturated rings. The minimum absolute atomic E-state index is 0.0454. The number of nitrogens with zero attached hydrogens (tertiary/aromatic N) is 2. The van der Waals surface area contributed by atoms with Crippen LogP contribution in [0.4, 0.5) is 0 Å². The molecule has 0 aliphatic carbocycles.